The van der Waals surface area contributed by atoms with Crippen LogP contribution in [0.3, 0.4) is 0 Å². The van der Waals surface area contributed by atoms with Gasteiger partial charge in [-0.2, -0.15) is 5.10 Å². The van der Waals surface area contributed by atoms with Gasteiger partial charge in [0.15, 0.2) is 5.65 Å². The van der Waals surface area contributed by atoms with Gasteiger partial charge < -0.3 is 14.4 Å². The van der Waals surface area contributed by atoms with Crippen molar-refractivity contribution in [2.45, 2.75) is 0 Å². The maximum Gasteiger partial charge on any atom is 0.221 e. The molecule has 0 unspecified atom stereocenters. The molecule has 0 aliphatic carbocycles. The number of nitrogens with zero attached hydrogens (tertiary/aromatic N) is 6. The van der Waals surface area contributed by atoms with Crippen molar-refractivity contribution in [3.8, 4) is 17.0 Å². The number of ether oxygens (including phenoxy) is 2. The highest BCUT2D eigenvalue weighted by molar-refractivity contribution is 5.80. The summed E-state index contributed by atoms with van der Waals surface area (Å²) in [5, 5.41) is 4.43. The molecule has 0 radical (unpaired) electrons. The van der Waals surface area contributed by atoms with E-state index in [2.05, 4.69) is 19.9 Å². The van der Waals surface area contributed by atoms with Crippen LogP contribution in [-0.2, 0) is 4.74 Å². The zero-order valence-corrected chi connectivity index (χ0v) is 15.7. The van der Waals surface area contributed by atoms with Gasteiger partial charge in [0.05, 0.1) is 25.5 Å². The van der Waals surface area contributed by atoms with Crippen LogP contribution in [-0.4, -0.2) is 78.0 Å². The quantitative estimate of drug-likeness (QED) is 0.654. The topological polar surface area (TPSA) is 68.0 Å². The molecule has 3 aromatic rings. The van der Waals surface area contributed by atoms with E-state index in [1.165, 1.54) is 0 Å². The van der Waals surface area contributed by atoms with Gasteiger partial charge in [-0.1, -0.05) is 0 Å². The number of rotatable bonds is 6. The van der Waals surface area contributed by atoms with E-state index in [-0.39, 0.29) is 0 Å². The average Bonchev–Trinajstić information content (AvgIpc) is 3.15. The van der Waals surface area contributed by atoms with Gasteiger partial charge in [0.2, 0.25) is 5.88 Å². The van der Waals surface area contributed by atoms with Gasteiger partial charge in [-0.15, -0.1) is 0 Å². The van der Waals surface area contributed by atoms with Crippen LogP contribution in [0.15, 0.2) is 36.8 Å². The van der Waals surface area contributed by atoms with Crippen LogP contribution >= 0.6 is 0 Å². The largest absolute Gasteiger partial charge is 0.481 e. The van der Waals surface area contributed by atoms with Gasteiger partial charge in [-0.3, -0.25) is 4.90 Å². The summed E-state index contributed by atoms with van der Waals surface area (Å²) >= 11 is 0. The molecule has 0 amide bonds. The van der Waals surface area contributed by atoms with Gasteiger partial charge >= 0.3 is 0 Å². The first-order valence-corrected chi connectivity index (χ1v) is 9.10. The van der Waals surface area contributed by atoms with Crippen molar-refractivity contribution in [3.63, 3.8) is 0 Å². The van der Waals surface area contributed by atoms with E-state index in [1.54, 1.807) is 24.9 Å². The number of hydrogen-bond acceptors (Lipinski definition) is 7. The average molecular weight is 368 g/mol. The lowest BCUT2D eigenvalue weighted by Crippen LogP contribution is -2.47. The lowest BCUT2D eigenvalue weighted by Gasteiger charge is -2.35. The van der Waals surface area contributed by atoms with E-state index in [0.717, 1.165) is 61.9 Å². The molecular formula is C19H24N6O2. The Kier molecular flexibility index (Phi) is 5.17. The van der Waals surface area contributed by atoms with E-state index < -0.39 is 0 Å². The third kappa shape index (κ3) is 3.58. The van der Waals surface area contributed by atoms with Gasteiger partial charge in [0.25, 0.3) is 0 Å². The van der Waals surface area contributed by atoms with Gasteiger partial charge in [0, 0.05) is 57.8 Å². The van der Waals surface area contributed by atoms with Crippen molar-refractivity contribution in [3.05, 3.63) is 36.8 Å². The molecule has 8 heteroatoms. The lowest BCUT2D eigenvalue weighted by molar-refractivity contribution is 0.144. The highest BCUT2D eigenvalue weighted by atomic mass is 16.5. The smallest absolute Gasteiger partial charge is 0.221 e. The lowest BCUT2D eigenvalue weighted by atomic mass is 10.1. The Morgan fingerprint density at radius 2 is 1.93 bits per heavy atom. The monoisotopic (exact) mass is 368 g/mol. The third-order valence-corrected chi connectivity index (χ3v) is 4.92. The molecule has 4 rings (SSSR count). The van der Waals surface area contributed by atoms with Crippen molar-refractivity contribution < 1.29 is 9.47 Å². The Morgan fingerprint density at radius 1 is 1.07 bits per heavy atom. The molecule has 0 saturated carbocycles. The first-order chi connectivity index (χ1) is 13.3. The summed E-state index contributed by atoms with van der Waals surface area (Å²) in [7, 11) is 3.37. The van der Waals surface area contributed by atoms with Crippen LogP contribution < -0.4 is 9.64 Å². The third-order valence-electron chi connectivity index (χ3n) is 4.92. The highest BCUT2D eigenvalue weighted by Gasteiger charge is 2.19. The van der Waals surface area contributed by atoms with Gasteiger partial charge in [-0.05, 0) is 18.2 Å². The molecule has 4 heterocycles. The normalized spacial score (nSPS) is 15.4. The molecule has 3 aromatic heterocycles. The predicted molar refractivity (Wildman–Crippen MR) is 103 cm³/mol. The number of anilines is 1. The van der Waals surface area contributed by atoms with E-state index in [1.807, 2.05) is 30.6 Å². The summed E-state index contributed by atoms with van der Waals surface area (Å²) < 4.78 is 12.4. The standard InChI is InChI=1S/C19H24N6O2/c1-26-13-12-23-8-10-24(11-9-23)17-5-7-25-18(22-17)16(14-21-25)15-4-3-6-20-19(15)27-2/h3-7,14H,8-13H2,1-2H3. The summed E-state index contributed by atoms with van der Waals surface area (Å²) in [5.41, 5.74) is 2.62. The molecule has 0 bridgehead atoms. The summed E-state index contributed by atoms with van der Waals surface area (Å²) in [4.78, 5) is 13.9. The van der Waals surface area contributed by atoms with E-state index in [0.29, 0.717) is 5.88 Å². The summed E-state index contributed by atoms with van der Waals surface area (Å²) in [6.45, 7) is 5.68. The molecule has 0 spiro atoms. The van der Waals surface area contributed by atoms with Crippen LogP contribution in [0.4, 0.5) is 5.82 Å². The number of aromatic nitrogens is 4. The number of fused-ring (bicyclic) bond motifs is 1. The van der Waals surface area contributed by atoms with E-state index >= 15 is 0 Å². The Morgan fingerprint density at radius 3 is 2.70 bits per heavy atom. The molecule has 0 atom stereocenters. The Balaban J connectivity index is 1.60. The second-order valence-corrected chi connectivity index (χ2v) is 6.49. The first kappa shape index (κ1) is 17.7. The van der Waals surface area contributed by atoms with E-state index in [4.69, 9.17) is 14.5 Å². The molecule has 0 aromatic carbocycles. The molecule has 1 saturated heterocycles. The van der Waals surface area contributed by atoms with Crippen molar-refractivity contribution in [2.24, 2.45) is 0 Å². The fourth-order valence-electron chi connectivity index (χ4n) is 3.40. The Labute approximate surface area is 158 Å². The van der Waals surface area contributed by atoms with Gasteiger partial charge in [-0.25, -0.2) is 14.5 Å². The zero-order chi connectivity index (χ0) is 18.6. The fraction of sp³-hybridized carbons (Fsp3) is 0.421. The molecule has 142 valence electrons. The molecule has 0 N–H and O–H groups in total. The summed E-state index contributed by atoms with van der Waals surface area (Å²) in [5.74, 6) is 1.55. The number of hydrogen-bond donors (Lipinski definition) is 0. The van der Waals surface area contributed by atoms with Crippen molar-refractivity contribution in [2.75, 3.05) is 58.5 Å². The summed E-state index contributed by atoms with van der Waals surface area (Å²) in [6.07, 6.45) is 5.49. The molecular weight excluding hydrogens is 344 g/mol. The number of pyridine rings is 1. The maximum absolute atomic E-state index is 5.41. The summed E-state index contributed by atoms with van der Waals surface area (Å²) in [6, 6.07) is 5.89. The zero-order valence-electron chi connectivity index (χ0n) is 15.7. The Hall–Kier alpha value is -2.71. The maximum atomic E-state index is 5.41. The molecule has 27 heavy (non-hydrogen) atoms. The number of piperazine rings is 1. The van der Waals surface area contributed by atoms with Crippen LogP contribution in [0, 0.1) is 0 Å². The van der Waals surface area contributed by atoms with Crippen molar-refractivity contribution >= 4 is 11.5 Å². The SMILES string of the molecule is COCCN1CCN(c2ccn3ncc(-c4cccnc4OC)c3n2)CC1. The minimum Gasteiger partial charge on any atom is -0.481 e. The highest BCUT2D eigenvalue weighted by Crippen LogP contribution is 2.30. The molecule has 1 aliphatic rings. The second kappa shape index (κ2) is 7.89. The van der Waals surface area contributed by atoms with Gasteiger partial charge in [0.1, 0.15) is 5.82 Å². The van der Waals surface area contributed by atoms with Crippen molar-refractivity contribution in [1.29, 1.82) is 0 Å². The predicted octanol–water partition coefficient (Wildman–Crippen LogP) is 1.57. The van der Waals surface area contributed by atoms with Crippen LogP contribution in [0.5, 0.6) is 5.88 Å². The first-order valence-electron chi connectivity index (χ1n) is 9.10. The van der Waals surface area contributed by atoms with Crippen LogP contribution in [0.2, 0.25) is 0 Å². The second-order valence-electron chi connectivity index (χ2n) is 6.49. The molecule has 1 fully saturated rings. The minimum absolute atomic E-state index is 0.575. The van der Waals surface area contributed by atoms with E-state index in [9.17, 15) is 0 Å². The molecule has 8 nitrogen and oxygen atoms in total. The Bertz CT molecular complexity index is 904. The molecule has 1 aliphatic heterocycles. The fourth-order valence-corrected chi connectivity index (χ4v) is 3.40. The van der Waals surface area contributed by atoms with Crippen LogP contribution in [0.1, 0.15) is 0 Å². The van der Waals surface area contributed by atoms with Crippen LogP contribution in [0.25, 0.3) is 16.8 Å². The number of methoxy groups -OCH3 is 2. The van der Waals surface area contributed by atoms with Crippen molar-refractivity contribution in [1.82, 2.24) is 24.5 Å². The minimum atomic E-state index is 0.575.